The number of ether oxygens (including phenoxy) is 1. The standard InChI is InChI=1S/C16H15NO4S/c1-11(8-12-6-4-3-5-7-12)9-13-15(19)17(16(20)22-13)10-14(18)21-2/h3-9H,10H2,1-2H3/b11-8+,13-9-. The van der Waals surface area contributed by atoms with Gasteiger partial charge in [-0.15, -0.1) is 0 Å². The van der Waals surface area contributed by atoms with Gasteiger partial charge in [-0.25, -0.2) is 0 Å². The van der Waals surface area contributed by atoms with Crippen molar-refractivity contribution in [2.45, 2.75) is 6.92 Å². The lowest BCUT2D eigenvalue weighted by Gasteiger charge is -2.09. The number of imide groups is 1. The Balaban J connectivity index is 2.16. The molecule has 0 atom stereocenters. The molecule has 0 saturated carbocycles. The summed E-state index contributed by atoms with van der Waals surface area (Å²) in [6.45, 7) is 1.49. The van der Waals surface area contributed by atoms with Crippen LogP contribution in [0.4, 0.5) is 4.79 Å². The van der Waals surface area contributed by atoms with E-state index in [1.165, 1.54) is 7.11 Å². The molecule has 2 amide bonds. The van der Waals surface area contributed by atoms with E-state index >= 15 is 0 Å². The first-order valence-electron chi connectivity index (χ1n) is 6.57. The van der Waals surface area contributed by atoms with Gasteiger partial charge in [-0.2, -0.15) is 0 Å². The molecule has 0 radical (unpaired) electrons. The Bertz CT molecular complexity index is 664. The van der Waals surface area contributed by atoms with Crippen LogP contribution in [-0.2, 0) is 14.3 Å². The van der Waals surface area contributed by atoms with Crippen LogP contribution in [0.1, 0.15) is 12.5 Å². The second-order valence-corrected chi connectivity index (χ2v) is 5.64. The van der Waals surface area contributed by atoms with Gasteiger partial charge in [0.05, 0.1) is 12.0 Å². The van der Waals surface area contributed by atoms with E-state index < -0.39 is 17.1 Å². The molecule has 2 rings (SSSR count). The zero-order valence-corrected chi connectivity index (χ0v) is 13.1. The maximum absolute atomic E-state index is 12.1. The Kier molecular flexibility index (Phi) is 5.16. The molecule has 0 unspecified atom stereocenters. The molecule has 1 saturated heterocycles. The molecule has 1 aliphatic heterocycles. The fourth-order valence-electron chi connectivity index (χ4n) is 1.89. The minimum atomic E-state index is -0.625. The van der Waals surface area contributed by atoms with Gasteiger partial charge >= 0.3 is 5.97 Å². The Morgan fingerprint density at radius 2 is 1.95 bits per heavy atom. The molecular weight excluding hydrogens is 302 g/mol. The van der Waals surface area contributed by atoms with Gasteiger partial charge in [-0.3, -0.25) is 19.3 Å². The van der Waals surface area contributed by atoms with Crippen LogP contribution in [0.3, 0.4) is 0 Å². The van der Waals surface area contributed by atoms with Crippen molar-refractivity contribution in [1.29, 1.82) is 0 Å². The monoisotopic (exact) mass is 317 g/mol. The summed E-state index contributed by atoms with van der Waals surface area (Å²) in [5.74, 6) is -1.10. The van der Waals surface area contributed by atoms with E-state index in [1.807, 2.05) is 43.3 Å². The van der Waals surface area contributed by atoms with E-state index in [0.29, 0.717) is 4.91 Å². The average molecular weight is 317 g/mol. The van der Waals surface area contributed by atoms with Crippen molar-refractivity contribution in [1.82, 2.24) is 4.90 Å². The third-order valence-corrected chi connectivity index (χ3v) is 3.85. The third-order valence-electron chi connectivity index (χ3n) is 2.94. The molecule has 1 aromatic rings. The van der Waals surface area contributed by atoms with E-state index in [0.717, 1.165) is 27.8 Å². The molecule has 0 bridgehead atoms. The maximum atomic E-state index is 12.1. The highest BCUT2D eigenvalue weighted by molar-refractivity contribution is 8.18. The van der Waals surface area contributed by atoms with Gasteiger partial charge in [-0.1, -0.05) is 36.4 Å². The molecule has 1 heterocycles. The highest BCUT2D eigenvalue weighted by Crippen LogP contribution is 2.31. The van der Waals surface area contributed by atoms with Crippen molar-refractivity contribution in [2.75, 3.05) is 13.7 Å². The van der Waals surface area contributed by atoms with Crippen LogP contribution in [0.5, 0.6) is 0 Å². The third kappa shape index (κ3) is 3.85. The SMILES string of the molecule is COC(=O)CN1C(=O)S/C(=C\C(C)=C\c2ccccc2)C1=O. The quantitative estimate of drug-likeness (QED) is 0.631. The summed E-state index contributed by atoms with van der Waals surface area (Å²) in [6, 6.07) is 9.65. The minimum absolute atomic E-state index is 0.304. The van der Waals surface area contributed by atoms with Crippen LogP contribution in [-0.4, -0.2) is 35.7 Å². The van der Waals surface area contributed by atoms with Crippen LogP contribution in [0.15, 0.2) is 46.9 Å². The predicted molar refractivity (Wildman–Crippen MR) is 84.9 cm³/mol. The first-order chi connectivity index (χ1) is 10.5. The van der Waals surface area contributed by atoms with Crippen LogP contribution >= 0.6 is 11.8 Å². The minimum Gasteiger partial charge on any atom is -0.468 e. The van der Waals surface area contributed by atoms with E-state index in [9.17, 15) is 14.4 Å². The second kappa shape index (κ2) is 7.09. The Hall–Kier alpha value is -2.34. The number of allylic oxidation sites excluding steroid dienone is 2. The summed E-state index contributed by atoms with van der Waals surface area (Å²) < 4.78 is 4.48. The van der Waals surface area contributed by atoms with Gasteiger partial charge in [0.1, 0.15) is 6.54 Å². The van der Waals surface area contributed by atoms with Gasteiger partial charge < -0.3 is 4.74 Å². The predicted octanol–water partition coefficient (Wildman–Crippen LogP) is 2.84. The van der Waals surface area contributed by atoms with Crippen molar-refractivity contribution in [2.24, 2.45) is 0 Å². The van der Waals surface area contributed by atoms with Gasteiger partial charge in [0.2, 0.25) is 0 Å². The number of nitrogens with zero attached hydrogens (tertiary/aromatic N) is 1. The van der Waals surface area contributed by atoms with Gasteiger partial charge in [0.25, 0.3) is 11.1 Å². The molecule has 0 N–H and O–H groups in total. The summed E-state index contributed by atoms with van der Waals surface area (Å²) in [5.41, 5.74) is 1.85. The number of methoxy groups -OCH3 is 1. The van der Waals surface area contributed by atoms with Crippen LogP contribution in [0.25, 0.3) is 6.08 Å². The van der Waals surface area contributed by atoms with Crippen LogP contribution in [0, 0.1) is 0 Å². The summed E-state index contributed by atoms with van der Waals surface area (Å²) in [7, 11) is 1.21. The lowest BCUT2D eigenvalue weighted by Crippen LogP contribution is -2.34. The van der Waals surface area contributed by atoms with Gasteiger partial charge in [0.15, 0.2) is 0 Å². The number of thioether (sulfide) groups is 1. The Labute approximate surface area is 132 Å². The molecule has 22 heavy (non-hydrogen) atoms. The van der Waals surface area contributed by atoms with E-state index in [-0.39, 0.29) is 6.54 Å². The molecule has 114 valence electrons. The topological polar surface area (TPSA) is 63.7 Å². The number of amides is 2. The van der Waals surface area contributed by atoms with E-state index in [1.54, 1.807) is 6.08 Å². The zero-order chi connectivity index (χ0) is 16.1. The van der Waals surface area contributed by atoms with Crippen molar-refractivity contribution in [3.63, 3.8) is 0 Å². The zero-order valence-electron chi connectivity index (χ0n) is 12.2. The maximum Gasteiger partial charge on any atom is 0.325 e. The number of benzene rings is 1. The fraction of sp³-hybridized carbons (Fsp3) is 0.188. The van der Waals surface area contributed by atoms with Gasteiger partial charge in [0, 0.05) is 0 Å². The number of carbonyl (C=O) groups excluding carboxylic acids is 3. The first kappa shape index (κ1) is 16.0. The molecule has 1 fully saturated rings. The summed E-state index contributed by atoms with van der Waals surface area (Å²) in [5, 5.41) is -0.464. The highest BCUT2D eigenvalue weighted by Gasteiger charge is 2.36. The number of esters is 1. The molecule has 0 spiro atoms. The molecule has 6 heteroatoms. The van der Waals surface area contributed by atoms with Crippen molar-refractivity contribution < 1.29 is 19.1 Å². The molecular formula is C16H15NO4S. The lowest BCUT2D eigenvalue weighted by molar-refractivity contribution is -0.143. The van der Waals surface area contributed by atoms with Gasteiger partial charge in [-0.05, 0) is 35.9 Å². The molecule has 1 aromatic carbocycles. The normalized spacial score (nSPS) is 17.3. The van der Waals surface area contributed by atoms with Crippen molar-refractivity contribution in [3.05, 3.63) is 52.4 Å². The van der Waals surface area contributed by atoms with Crippen molar-refractivity contribution >= 4 is 35.0 Å². The van der Waals surface area contributed by atoms with E-state index in [2.05, 4.69) is 4.74 Å². The van der Waals surface area contributed by atoms with Crippen LogP contribution < -0.4 is 0 Å². The molecule has 0 aromatic heterocycles. The largest absolute Gasteiger partial charge is 0.468 e. The number of rotatable bonds is 4. The number of carbonyl (C=O) groups is 3. The first-order valence-corrected chi connectivity index (χ1v) is 7.38. The summed E-state index contributed by atoms with van der Waals surface area (Å²) >= 11 is 0.823. The van der Waals surface area contributed by atoms with Crippen molar-refractivity contribution in [3.8, 4) is 0 Å². The lowest BCUT2D eigenvalue weighted by atomic mass is 10.1. The van der Waals surface area contributed by atoms with Crippen LogP contribution in [0.2, 0.25) is 0 Å². The average Bonchev–Trinajstić information content (AvgIpc) is 2.75. The van der Waals surface area contributed by atoms with E-state index in [4.69, 9.17) is 0 Å². The fourth-order valence-corrected chi connectivity index (χ4v) is 2.78. The molecule has 5 nitrogen and oxygen atoms in total. The smallest absolute Gasteiger partial charge is 0.325 e. The molecule has 1 aliphatic rings. The number of hydrogen-bond donors (Lipinski definition) is 0. The Morgan fingerprint density at radius 1 is 1.27 bits per heavy atom. The highest BCUT2D eigenvalue weighted by atomic mass is 32.2. The Morgan fingerprint density at radius 3 is 2.59 bits per heavy atom. The second-order valence-electron chi connectivity index (χ2n) is 4.64. The summed E-state index contributed by atoms with van der Waals surface area (Å²) in [4.78, 5) is 36.3. The summed E-state index contributed by atoms with van der Waals surface area (Å²) in [6.07, 6.45) is 3.56. The number of hydrogen-bond acceptors (Lipinski definition) is 5. The molecule has 0 aliphatic carbocycles.